The van der Waals surface area contributed by atoms with Crippen molar-refractivity contribution >= 4 is 5.69 Å². The van der Waals surface area contributed by atoms with Gasteiger partial charge in [-0.05, 0) is 29.5 Å². The van der Waals surface area contributed by atoms with Crippen molar-refractivity contribution in [1.29, 1.82) is 0 Å². The number of hydrogen-bond acceptors (Lipinski definition) is 4. The normalized spacial score (nSPS) is 10.3. The molecule has 0 spiro atoms. The number of hydrazine groups is 1. The van der Waals surface area contributed by atoms with E-state index in [0.717, 1.165) is 17.0 Å². The number of benzene rings is 1. The summed E-state index contributed by atoms with van der Waals surface area (Å²) in [4.78, 5) is 0. The molecule has 0 saturated heterocycles. The fourth-order valence-corrected chi connectivity index (χ4v) is 1.82. The van der Waals surface area contributed by atoms with Gasteiger partial charge in [0, 0.05) is 12.4 Å². The van der Waals surface area contributed by atoms with E-state index >= 15 is 0 Å². The molecule has 0 heterocycles. The lowest BCUT2D eigenvalue weighted by Crippen LogP contribution is -2.26. The Hall–Kier alpha value is -1.68. The van der Waals surface area contributed by atoms with Crippen molar-refractivity contribution in [3.63, 3.8) is 0 Å². The van der Waals surface area contributed by atoms with Crippen molar-refractivity contribution < 1.29 is 4.74 Å². The van der Waals surface area contributed by atoms with Crippen LogP contribution in [0.15, 0.2) is 24.5 Å². The quantitative estimate of drug-likeness (QED) is 0.639. The number of nitrogens with zero attached hydrogens (tertiary/aromatic N) is 1. The maximum atomic E-state index is 5.95. The zero-order chi connectivity index (χ0) is 17.9. The molecule has 0 amide bonds. The summed E-state index contributed by atoms with van der Waals surface area (Å²) < 4.78 is 5.41. The first-order valence-corrected chi connectivity index (χ1v) is 7.92. The molecule has 0 aliphatic heterocycles. The summed E-state index contributed by atoms with van der Waals surface area (Å²) in [6.07, 6.45) is 3.00. The Bertz CT molecular complexity index is 448. The molecule has 0 saturated carbocycles. The Kier molecular flexibility index (Phi) is 11.3. The Morgan fingerprint density at radius 2 is 1.59 bits per heavy atom. The smallest absolute Gasteiger partial charge is 0.146 e. The van der Waals surface area contributed by atoms with Gasteiger partial charge in [-0.2, -0.15) is 0 Å². The number of nitrogens with two attached hydrogens (primary N) is 2. The minimum absolute atomic E-state index is 0.0546. The summed E-state index contributed by atoms with van der Waals surface area (Å²) >= 11 is 0. The Labute approximate surface area is 137 Å². The summed E-state index contributed by atoms with van der Waals surface area (Å²) in [5.41, 5.74) is 8.50. The van der Waals surface area contributed by atoms with Crippen LogP contribution in [0.25, 0.3) is 0 Å². The fourth-order valence-electron chi connectivity index (χ4n) is 1.82. The van der Waals surface area contributed by atoms with E-state index in [1.165, 1.54) is 16.8 Å². The maximum absolute atomic E-state index is 5.95. The predicted octanol–water partition coefficient (Wildman–Crippen LogP) is 4.46. The minimum Gasteiger partial charge on any atom is -0.494 e. The molecule has 0 aliphatic rings. The SMILES string of the molecule is CC.CC.COc1c(C)cc(C(C)(C)C)cc1N(N)/C=C\N. The van der Waals surface area contributed by atoms with Gasteiger partial charge >= 0.3 is 0 Å². The lowest BCUT2D eigenvalue weighted by Gasteiger charge is -2.25. The minimum atomic E-state index is 0.0546. The molecule has 4 N–H and O–H groups in total. The predicted molar refractivity (Wildman–Crippen MR) is 99.1 cm³/mol. The van der Waals surface area contributed by atoms with Gasteiger partial charge in [-0.15, -0.1) is 0 Å². The zero-order valence-electron chi connectivity index (χ0n) is 15.8. The monoisotopic (exact) mass is 309 g/mol. The van der Waals surface area contributed by atoms with Gasteiger partial charge in [-0.1, -0.05) is 54.5 Å². The molecule has 4 nitrogen and oxygen atoms in total. The van der Waals surface area contributed by atoms with Crippen LogP contribution >= 0.6 is 0 Å². The summed E-state index contributed by atoms with van der Waals surface area (Å²) in [7, 11) is 1.64. The number of aryl methyl sites for hydroxylation is 1. The Balaban J connectivity index is 0. The molecule has 1 rings (SSSR count). The van der Waals surface area contributed by atoms with Gasteiger partial charge in [0.2, 0.25) is 0 Å². The van der Waals surface area contributed by atoms with Gasteiger partial charge in [0.05, 0.1) is 12.8 Å². The molecule has 128 valence electrons. The summed E-state index contributed by atoms with van der Waals surface area (Å²) in [6, 6.07) is 4.16. The second kappa shape index (κ2) is 11.0. The van der Waals surface area contributed by atoms with Gasteiger partial charge in [0.1, 0.15) is 5.75 Å². The van der Waals surface area contributed by atoms with E-state index in [1.807, 2.05) is 40.7 Å². The van der Waals surface area contributed by atoms with E-state index in [9.17, 15) is 0 Å². The van der Waals surface area contributed by atoms with Gasteiger partial charge in [0.15, 0.2) is 0 Å². The molecule has 1 aromatic rings. The van der Waals surface area contributed by atoms with Crippen LogP contribution in [-0.2, 0) is 5.41 Å². The van der Waals surface area contributed by atoms with Crippen LogP contribution in [0.5, 0.6) is 5.75 Å². The van der Waals surface area contributed by atoms with E-state index in [4.69, 9.17) is 16.3 Å². The van der Waals surface area contributed by atoms with Crippen molar-refractivity contribution in [2.24, 2.45) is 11.6 Å². The molecule has 0 radical (unpaired) electrons. The largest absolute Gasteiger partial charge is 0.494 e. The molecule has 0 unspecified atom stereocenters. The number of anilines is 1. The van der Waals surface area contributed by atoms with Gasteiger partial charge in [-0.3, -0.25) is 5.01 Å². The molecule has 0 aliphatic carbocycles. The van der Waals surface area contributed by atoms with Crippen LogP contribution in [0.1, 0.15) is 59.6 Å². The molecular formula is C18H35N3O. The molecule has 1 aromatic carbocycles. The molecule has 22 heavy (non-hydrogen) atoms. The van der Waals surface area contributed by atoms with Crippen LogP contribution in [0.3, 0.4) is 0 Å². The van der Waals surface area contributed by atoms with Crippen LogP contribution in [-0.4, -0.2) is 7.11 Å². The van der Waals surface area contributed by atoms with Crippen molar-refractivity contribution in [2.75, 3.05) is 12.1 Å². The molecule has 0 aromatic heterocycles. The van der Waals surface area contributed by atoms with Crippen molar-refractivity contribution in [3.05, 3.63) is 35.7 Å². The lowest BCUT2D eigenvalue weighted by atomic mass is 9.85. The molecule has 0 bridgehead atoms. The van der Waals surface area contributed by atoms with Gasteiger partial charge in [0.25, 0.3) is 0 Å². The van der Waals surface area contributed by atoms with Crippen LogP contribution in [0.4, 0.5) is 5.69 Å². The highest BCUT2D eigenvalue weighted by molar-refractivity contribution is 5.64. The first kappa shape index (κ1) is 22.6. The summed E-state index contributed by atoms with van der Waals surface area (Å²) in [5, 5.41) is 1.47. The van der Waals surface area contributed by atoms with Crippen molar-refractivity contribution in [3.8, 4) is 5.75 Å². The third-order valence-corrected chi connectivity index (χ3v) is 2.85. The van der Waals surface area contributed by atoms with Gasteiger partial charge < -0.3 is 10.5 Å². The van der Waals surface area contributed by atoms with Gasteiger partial charge in [-0.25, -0.2) is 5.84 Å². The number of hydrogen-bond donors (Lipinski definition) is 2. The second-order valence-electron chi connectivity index (χ2n) is 5.34. The molecule has 0 fully saturated rings. The van der Waals surface area contributed by atoms with Crippen LogP contribution in [0.2, 0.25) is 0 Å². The van der Waals surface area contributed by atoms with Crippen LogP contribution in [0, 0.1) is 6.92 Å². The summed E-state index contributed by atoms with van der Waals surface area (Å²) in [5.74, 6) is 6.72. The first-order chi connectivity index (χ1) is 10.3. The third kappa shape index (κ3) is 6.39. The lowest BCUT2D eigenvalue weighted by molar-refractivity contribution is 0.411. The van der Waals surface area contributed by atoms with Crippen molar-refractivity contribution in [1.82, 2.24) is 0 Å². The zero-order valence-corrected chi connectivity index (χ0v) is 15.8. The number of methoxy groups -OCH3 is 1. The number of rotatable bonds is 3. The second-order valence-corrected chi connectivity index (χ2v) is 5.34. The summed E-state index contributed by atoms with van der Waals surface area (Å²) in [6.45, 7) is 16.5. The van der Waals surface area contributed by atoms with E-state index in [2.05, 4.69) is 26.8 Å². The van der Waals surface area contributed by atoms with E-state index in [0.29, 0.717) is 0 Å². The third-order valence-electron chi connectivity index (χ3n) is 2.85. The Morgan fingerprint density at radius 3 is 1.95 bits per heavy atom. The molecule has 4 heteroatoms. The Morgan fingerprint density at radius 1 is 1.09 bits per heavy atom. The fraction of sp³-hybridized carbons (Fsp3) is 0.556. The highest BCUT2D eigenvalue weighted by atomic mass is 16.5. The maximum Gasteiger partial charge on any atom is 0.146 e. The number of ether oxygens (including phenoxy) is 1. The average molecular weight is 309 g/mol. The van der Waals surface area contributed by atoms with E-state index in [1.54, 1.807) is 13.3 Å². The first-order valence-electron chi connectivity index (χ1n) is 7.92. The van der Waals surface area contributed by atoms with Crippen molar-refractivity contribution in [2.45, 2.75) is 60.8 Å². The molecular weight excluding hydrogens is 274 g/mol. The molecule has 0 atom stereocenters. The highest BCUT2D eigenvalue weighted by Gasteiger charge is 2.19. The highest BCUT2D eigenvalue weighted by Crippen LogP contribution is 2.36. The van der Waals surface area contributed by atoms with E-state index in [-0.39, 0.29) is 5.41 Å². The topological polar surface area (TPSA) is 64.5 Å². The van der Waals surface area contributed by atoms with E-state index < -0.39 is 0 Å². The average Bonchev–Trinajstić information content (AvgIpc) is 2.49. The standard InChI is InChI=1S/C14H23N3O.2C2H6/c1-10-8-11(14(2,3)4)9-12(13(10)18-5)17(16)7-6-15;2*1-2/h6-9H,15-16H2,1-5H3;2*1-2H3/b7-6-;;. The van der Waals surface area contributed by atoms with Crippen LogP contribution < -0.4 is 21.3 Å².